The SMILES string of the molecule is O=C(O)c1ccc(NC(=S)N2CCN(Cc3ccc4c(c3)OCO4)CC2)cc1. The van der Waals surface area contributed by atoms with Crippen molar-refractivity contribution >= 4 is 29.0 Å². The van der Waals surface area contributed by atoms with E-state index >= 15 is 0 Å². The number of carboxylic acids is 1. The summed E-state index contributed by atoms with van der Waals surface area (Å²) in [4.78, 5) is 15.4. The van der Waals surface area contributed by atoms with Crippen molar-refractivity contribution in [1.29, 1.82) is 0 Å². The van der Waals surface area contributed by atoms with Crippen LogP contribution in [-0.4, -0.2) is 59.0 Å². The van der Waals surface area contributed by atoms with Gasteiger partial charge in [-0.15, -0.1) is 0 Å². The molecule has 0 bridgehead atoms. The van der Waals surface area contributed by atoms with Crippen LogP contribution in [0.3, 0.4) is 0 Å². The highest BCUT2D eigenvalue weighted by Crippen LogP contribution is 2.32. The van der Waals surface area contributed by atoms with Gasteiger partial charge in [-0.1, -0.05) is 6.07 Å². The zero-order valence-corrected chi connectivity index (χ0v) is 16.1. The second-order valence-corrected chi connectivity index (χ2v) is 7.15. The quantitative estimate of drug-likeness (QED) is 0.760. The molecule has 0 atom stereocenters. The molecular formula is C20H21N3O4S. The van der Waals surface area contributed by atoms with Gasteiger partial charge in [0.15, 0.2) is 16.6 Å². The van der Waals surface area contributed by atoms with Gasteiger partial charge in [-0.2, -0.15) is 0 Å². The molecule has 0 radical (unpaired) electrons. The van der Waals surface area contributed by atoms with Gasteiger partial charge in [-0.05, 0) is 54.2 Å². The Labute approximate surface area is 168 Å². The molecule has 1 fully saturated rings. The Morgan fingerprint density at radius 2 is 1.75 bits per heavy atom. The fraction of sp³-hybridized carbons (Fsp3) is 0.300. The van der Waals surface area contributed by atoms with Crippen LogP contribution in [0.2, 0.25) is 0 Å². The summed E-state index contributed by atoms with van der Waals surface area (Å²) in [5.74, 6) is 0.685. The van der Waals surface area contributed by atoms with E-state index in [0.717, 1.165) is 49.9 Å². The van der Waals surface area contributed by atoms with Crippen molar-refractivity contribution in [3.05, 3.63) is 53.6 Å². The monoisotopic (exact) mass is 399 g/mol. The normalized spacial score (nSPS) is 16.1. The molecule has 1 saturated heterocycles. The first kappa shape index (κ1) is 18.5. The van der Waals surface area contributed by atoms with Gasteiger partial charge in [0.1, 0.15) is 0 Å². The number of benzene rings is 2. The number of piperazine rings is 1. The molecule has 8 heteroatoms. The number of hydrogen-bond donors (Lipinski definition) is 2. The van der Waals surface area contributed by atoms with Crippen LogP contribution in [0.4, 0.5) is 5.69 Å². The lowest BCUT2D eigenvalue weighted by Gasteiger charge is -2.36. The number of carbonyl (C=O) groups is 1. The first-order chi connectivity index (χ1) is 13.6. The fourth-order valence-electron chi connectivity index (χ4n) is 3.31. The van der Waals surface area contributed by atoms with Crippen LogP contribution in [0, 0.1) is 0 Å². The molecule has 0 saturated carbocycles. The number of nitrogens with zero attached hydrogens (tertiary/aromatic N) is 2. The van der Waals surface area contributed by atoms with Crippen LogP contribution in [0.5, 0.6) is 11.5 Å². The molecule has 28 heavy (non-hydrogen) atoms. The van der Waals surface area contributed by atoms with Crippen molar-refractivity contribution in [2.45, 2.75) is 6.54 Å². The molecule has 0 amide bonds. The smallest absolute Gasteiger partial charge is 0.335 e. The van der Waals surface area contributed by atoms with E-state index < -0.39 is 5.97 Å². The topological polar surface area (TPSA) is 74.3 Å². The summed E-state index contributed by atoms with van der Waals surface area (Å²) in [5.41, 5.74) is 2.25. The Balaban J connectivity index is 1.27. The van der Waals surface area contributed by atoms with Gasteiger partial charge >= 0.3 is 5.97 Å². The lowest BCUT2D eigenvalue weighted by atomic mass is 10.1. The number of ether oxygens (including phenoxy) is 2. The van der Waals surface area contributed by atoms with Crippen molar-refractivity contribution in [2.75, 3.05) is 38.3 Å². The van der Waals surface area contributed by atoms with E-state index in [1.54, 1.807) is 24.3 Å². The number of thiocarbonyl (C=S) groups is 1. The second kappa shape index (κ2) is 8.04. The predicted molar refractivity (Wildman–Crippen MR) is 109 cm³/mol. The average molecular weight is 399 g/mol. The van der Waals surface area contributed by atoms with Gasteiger partial charge in [0, 0.05) is 38.4 Å². The van der Waals surface area contributed by atoms with Crippen molar-refractivity contribution in [3.8, 4) is 11.5 Å². The van der Waals surface area contributed by atoms with Gasteiger partial charge in [0.2, 0.25) is 6.79 Å². The number of aromatic carboxylic acids is 1. The fourth-order valence-corrected chi connectivity index (χ4v) is 3.61. The van der Waals surface area contributed by atoms with E-state index in [2.05, 4.69) is 21.2 Å². The summed E-state index contributed by atoms with van der Waals surface area (Å²) in [5, 5.41) is 12.8. The maximum absolute atomic E-state index is 10.9. The molecule has 2 aliphatic rings. The molecule has 146 valence electrons. The highest BCUT2D eigenvalue weighted by atomic mass is 32.1. The highest BCUT2D eigenvalue weighted by molar-refractivity contribution is 7.80. The van der Waals surface area contributed by atoms with Crippen molar-refractivity contribution in [1.82, 2.24) is 9.80 Å². The molecule has 0 aromatic heterocycles. The van der Waals surface area contributed by atoms with E-state index in [-0.39, 0.29) is 5.56 Å². The Kier molecular flexibility index (Phi) is 5.31. The first-order valence-electron chi connectivity index (χ1n) is 9.09. The molecule has 2 aromatic rings. The summed E-state index contributed by atoms with van der Waals surface area (Å²) < 4.78 is 10.8. The number of hydrogen-bond acceptors (Lipinski definition) is 5. The Bertz CT molecular complexity index is 880. The third-order valence-corrected chi connectivity index (χ3v) is 5.25. The Morgan fingerprint density at radius 3 is 2.46 bits per heavy atom. The molecule has 0 aliphatic carbocycles. The molecule has 2 aromatic carbocycles. The van der Waals surface area contributed by atoms with Crippen LogP contribution in [-0.2, 0) is 6.54 Å². The summed E-state index contributed by atoms with van der Waals surface area (Å²) in [6.07, 6.45) is 0. The van der Waals surface area contributed by atoms with E-state index in [1.807, 2.05) is 12.1 Å². The average Bonchev–Trinajstić information content (AvgIpc) is 3.17. The van der Waals surface area contributed by atoms with E-state index in [0.29, 0.717) is 11.9 Å². The zero-order valence-electron chi connectivity index (χ0n) is 15.3. The van der Waals surface area contributed by atoms with Gasteiger partial charge < -0.3 is 24.8 Å². The van der Waals surface area contributed by atoms with Crippen LogP contribution < -0.4 is 14.8 Å². The van der Waals surface area contributed by atoms with Gasteiger partial charge in [-0.25, -0.2) is 4.79 Å². The summed E-state index contributed by atoms with van der Waals surface area (Å²) >= 11 is 5.51. The van der Waals surface area contributed by atoms with Gasteiger partial charge in [0.05, 0.1) is 5.56 Å². The number of carboxylic acid groups (broad SMARTS) is 1. The van der Waals surface area contributed by atoms with Crippen LogP contribution in [0.15, 0.2) is 42.5 Å². The molecule has 2 heterocycles. The molecule has 2 aliphatic heterocycles. The van der Waals surface area contributed by atoms with Crippen molar-refractivity contribution in [2.24, 2.45) is 0 Å². The minimum atomic E-state index is -0.937. The maximum atomic E-state index is 10.9. The zero-order chi connectivity index (χ0) is 19.5. The number of anilines is 1. The largest absolute Gasteiger partial charge is 0.478 e. The summed E-state index contributed by atoms with van der Waals surface area (Å²) in [6.45, 7) is 4.65. The molecule has 4 rings (SSSR count). The Morgan fingerprint density at radius 1 is 1.04 bits per heavy atom. The Hall–Kier alpha value is -2.84. The van der Waals surface area contributed by atoms with E-state index in [1.165, 1.54) is 5.56 Å². The van der Waals surface area contributed by atoms with E-state index in [9.17, 15) is 4.79 Å². The number of fused-ring (bicyclic) bond motifs is 1. The lowest BCUT2D eigenvalue weighted by molar-refractivity contribution is 0.0697. The minimum Gasteiger partial charge on any atom is -0.478 e. The van der Waals surface area contributed by atoms with Crippen LogP contribution in [0.25, 0.3) is 0 Å². The summed E-state index contributed by atoms with van der Waals surface area (Å²) in [6, 6.07) is 12.7. The van der Waals surface area contributed by atoms with Crippen molar-refractivity contribution in [3.63, 3.8) is 0 Å². The number of nitrogens with one attached hydrogen (secondary N) is 1. The standard InChI is InChI=1S/C20H21N3O4S/c24-19(25)15-2-4-16(5-3-15)21-20(28)23-9-7-22(8-10-23)12-14-1-6-17-18(11-14)27-13-26-17/h1-6,11H,7-10,12-13H2,(H,21,28)(H,24,25). The first-order valence-corrected chi connectivity index (χ1v) is 9.49. The molecule has 0 unspecified atom stereocenters. The minimum absolute atomic E-state index is 0.258. The van der Waals surface area contributed by atoms with Gasteiger partial charge in [0.25, 0.3) is 0 Å². The van der Waals surface area contributed by atoms with Gasteiger partial charge in [-0.3, -0.25) is 4.90 Å². The third kappa shape index (κ3) is 4.18. The number of rotatable bonds is 4. The highest BCUT2D eigenvalue weighted by Gasteiger charge is 2.20. The molecule has 2 N–H and O–H groups in total. The van der Waals surface area contributed by atoms with Crippen LogP contribution in [0.1, 0.15) is 15.9 Å². The second-order valence-electron chi connectivity index (χ2n) is 6.76. The predicted octanol–water partition coefficient (Wildman–Crippen LogP) is 2.63. The molecule has 0 spiro atoms. The molecule has 7 nitrogen and oxygen atoms in total. The van der Waals surface area contributed by atoms with Crippen LogP contribution >= 0.6 is 12.2 Å². The molecular weight excluding hydrogens is 378 g/mol. The maximum Gasteiger partial charge on any atom is 0.335 e. The van der Waals surface area contributed by atoms with E-state index in [4.69, 9.17) is 26.8 Å². The summed E-state index contributed by atoms with van der Waals surface area (Å²) in [7, 11) is 0. The lowest BCUT2D eigenvalue weighted by Crippen LogP contribution is -2.49. The third-order valence-electron chi connectivity index (χ3n) is 4.89. The van der Waals surface area contributed by atoms with Crippen molar-refractivity contribution < 1.29 is 19.4 Å².